The summed E-state index contributed by atoms with van der Waals surface area (Å²) >= 11 is 0. The van der Waals surface area contributed by atoms with E-state index in [2.05, 4.69) is 0 Å². The fourth-order valence-corrected chi connectivity index (χ4v) is 7.40. The van der Waals surface area contributed by atoms with Gasteiger partial charge in [0.15, 0.2) is 23.4 Å². The van der Waals surface area contributed by atoms with E-state index in [1.165, 1.54) is 11.0 Å². The van der Waals surface area contributed by atoms with E-state index in [1.54, 1.807) is 39.2 Å². The highest BCUT2D eigenvalue weighted by Crippen LogP contribution is 2.59. The Morgan fingerprint density at radius 1 is 1.00 bits per heavy atom. The molecule has 2 bridgehead atoms. The molecular weight excluding hydrogens is 546 g/mol. The van der Waals surface area contributed by atoms with E-state index in [0.29, 0.717) is 17.2 Å². The molecule has 2 aromatic carbocycles. The van der Waals surface area contributed by atoms with Crippen molar-refractivity contribution in [2.45, 2.75) is 62.1 Å². The Bertz CT molecular complexity index is 1540. The van der Waals surface area contributed by atoms with Crippen LogP contribution in [0.5, 0.6) is 17.2 Å². The van der Waals surface area contributed by atoms with Crippen molar-refractivity contribution >= 4 is 22.0 Å². The topological polar surface area (TPSA) is 136 Å². The Morgan fingerprint density at radius 3 is 2.35 bits per heavy atom. The minimum Gasteiger partial charge on any atom is -0.497 e. The fourth-order valence-electron chi connectivity index (χ4n) is 6.77. The third-order valence-electron chi connectivity index (χ3n) is 8.17. The van der Waals surface area contributed by atoms with Crippen molar-refractivity contribution in [2.75, 3.05) is 20.2 Å². The van der Waals surface area contributed by atoms with E-state index < -0.39 is 63.7 Å². The van der Waals surface area contributed by atoms with Crippen molar-refractivity contribution in [3.8, 4) is 17.2 Å². The number of rotatable bonds is 5. The lowest BCUT2D eigenvalue weighted by atomic mass is 9.59. The SMILES string of the molecule is COc1ccc(CN2C(=O)c3cc4c(cc3[C@]35C(=O)O[C@@H]([C@H]6OC(C)(C)O[C@H]6[C@H]23)[C@H]5OS(C)(=O)=O)OCO4)cc1. The highest BCUT2D eigenvalue weighted by Gasteiger charge is 2.78. The number of esters is 1. The average Bonchev–Trinajstić information content (AvgIpc) is 3.54. The first-order valence-electron chi connectivity index (χ1n) is 12.8. The van der Waals surface area contributed by atoms with E-state index in [0.717, 1.165) is 11.8 Å². The summed E-state index contributed by atoms with van der Waals surface area (Å²) in [4.78, 5) is 30.0. The molecule has 3 fully saturated rings. The average molecular weight is 574 g/mol. The molecule has 5 aliphatic rings. The molecule has 0 N–H and O–H groups in total. The van der Waals surface area contributed by atoms with Crippen molar-refractivity contribution in [1.29, 1.82) is 0 Å². The van der Waals surface area contributed by atoms with Gasteiger partial charge in [-0.1, -0.05) is 12.1 Å². The highest BCUT2D eigenvalue weighted by atomic mass is 32.2. The molecular formula is C27H27NO11S. The summed E-state index contributed by atoms with van der Waals surface area (Å²) in [5.41, 5.74) is -0.622. The van der Waals surface area contributed by atoms with Gasteiger partial charge >= 0.3 is 5.97 Å². The predicted octanol–water partition coefficient (Wildman–Crippen LogP) is 1.49. The number of nitrogens with zero attached hydrogens (tertiary/aromatic N) is 1. The third-order valence-corrected chi connectivity index (χ3v) is 8.73. The molecule has 2 saturated heterocycles. The molecule has 12 nitrogen and oxygen atoms in total. The molecule has 4 aliphatic heterocycles. The number of methoxy groups -OCH3 is 1. The first-order chi connectivity index (χ1) is 18.9. The van der Waals surface area contributed by atoms with Gasteiger partial charge in [0.05, 0.1) is 19.4 Å². The van der Waals surface area contributed by atoms with Gasteiger partial charge in [-0.3, -0.25) is 13.8 Å². The Labute approximate surface area is 230 Å². The van der Waals surface area contributed by atoms with Crippen molar-refractivity contribution < 1.29 is 50.6 Å². The maximum atomic E-state index is 14.3. The molecule has 1 aliphatic carbocycles. The van der Waals surface area contributed by atoms with Gasteiger partial charge in [-0.25, -0.2) is 0 Å². The van der Waals surface area contributed by atoms with E-state index in [4.69, 9.17) is 32.6 Å². The largest absolute Gasteiger partial charge is 0.497 e. The highest BCUT2D eigenvalue weighted by molar-refractivity contribution is 7.86. The van der Waals surface area contributed by atoms with Crippen LogP contribution in [0, 0.1) is 0 Å². The van der Waals surface area contributed by atoms with Crippen LogP contribution in [-0.4, -0.2) is 81.6 Å². The van der Waals surface area contributed by atoms with Gasteiger partial charge < -0.3 is 33.3 Å². The van der Waals surface area contributed by atoms with E-state index >= 15 is 0 Å². The van der Waals surface area contributed by atoms with Crippen LogP contribution in [0.3, 0.4) is 0 Å². The lowest BCUT2D eigenvalue weighted by Gasteiger charge is -2.53. The van der Waals surface area contributed by atoms with E-state index in [-0.39, 0.29) is 24.5 Å². The summed E-state index contributed by atoms with van der Waals surface area (Å²) < 4.78 is 65.7. The summed E-state index contributed by atoms with van der Waals surface area (Å²) in [6.07, 6.45) is -3.28. The molecule has 7 rings (SSSR count). The smallest absolute Gasteiger partial charge is 0.322 e. The second-order valence-corrected chi connectivity index (χ2v) is 12.6. The number of fused-ring (bicyclic) bond motifs is 6. The van der Waals surface area contributed by atoms with Crippen LogP contribution in [0.1, 0.15) is 35.3 Å². The molecule has 2 aromatic rings. The summed E-state index contributed by atoms with van der Waals surface area (Å²) in [7, 11) is -2.54. The molecule has 0 radical (unpaired) electrons. The number of amides is 1. The van der Waals surface area contributed by atoms with Gasteiger partial charge in [-0.05, 0) is 49.2 Å². The van der Waals surface area contributed by atoms with Gasteiger partial charge in [-0.15, -0.1) is 0 Å². The summed E-state index contributed by atoms with van der Waals surface area (Å²) in [5, 5.41) is 0. The van der Waals surface area contributed by atoms with Crippen LogP contribution in [0.25, 0.3) is 0 Å². The minimum absolute atomic E-state index is 0.0649. The predicted molar refractivity (Wildman–Crippen MR) is 134 cm³/mol. The van der Waals surface area contributed by atoms with Crippen LogP contribution in [-0.2, 0) is 45.3 Å². The lowest BCUT2D eigenvalue weighted by Crippen LogP contribution is -2.73. The van der Waals surface area contributed by atoms with Gasteiger partial charge in [-0.2, -0.15) is 8.42 Å². The Kier molecular flexibility index (Phi) is 5.32. The van der Waals surface area contributed by atoms with E-state index in [9.17, 15) is 18.0 Å². The molecule has 13 heteroatoms. The van der Waals surface area contributed by atoms with Crippen LogP contribution in [0.4, 0.5) is 0 Å². The molecule has 1 spiro atoms. The normalized spacial score (nSPS) is 32.8. The van der Waals surface area contributed by atoms with Crippen LogP contribution >= 0.6 is 0 Å². The zero-order valence-corrected chi connectivity index (χ0v) is 22.9. The number of hydrogen-bond donors (Lipinski definition) is 0. The van der Waals surface area contributed by atoms with Gasteiger partial charge in [0.25, 0.3) is 16.0 Å². The van der Waals surface area contributed by atoms with Crippen LogP contribution in [0.2, 0.25) is 0 Å². The summed E-state index contributed by atoms with van der Waals surface area (Å²) in [5.74, 6) is -0.939. The molecule has 1 saturated carbocycles. The number of carbonyl (C=O) groups excluding carboxylic acids is 2. The van der Waals surface area contributed by atoms with Crippen molar-refractivity contribution in [1.82, 2.24) is 4.90 Å². The fraction of sp³-hybridized carbons (Fsp3) is 0.481. The molecule has 1 amide bonds. The molecule has 40 heavy (non-hydrogen) atoms. The molecule has 0 aromatic heterocycles. The molecule has 212 valence electrons. The number of ether oxygens (including phenoxy) is 6. The molecule has 4 heterocycles. The Morgan fingerprint density at radius 2 is 1.68 bits per heavy atom. The van der Waals surface area contributed by atoms with Crippen LogP contribution in [0.15, 0.2) is 36.4 Å². The van der Waals surface area contributed by atoms with Crippen molar-refractivity contribution in [3.05, 3.63) is 53.1 Å². The summed E-state index contributed by atoms with van der Waals surface area (Å²) in [6.45, 7) is 3.43. The molecule has 0 unspecified atom stereocenters. The van der Waals surface area contributed by atoms with Gasteiger partial charge in [0.2, 0.25) is 6.79 Å². The Hall–Kier alpha value is -3.39. The summed E-state index contributed by atoms with van der Waals surface area (Å²) in [6, 6.07) is 9.18. The van der Waals surface area contributed by atoms with Gasteiger partial charge in [0, 0.05) is 12.1 Å². The maximum absolute atomic E-state index is 14.3. The zero-order chi connectivity index (χ0) is 28.2. The van der Waals surface area contributed by atoms with Crippen molar-refractivity contribution in [2.24, 2.45) is 0 Å². The van der Waals surface area contributed by atoms with Crippen molar-refractivity contribution in [3.63, 3.8) is 0 Å². The maximum Gasteiger partial charge on any atom is 0.322 e. The standard InChI is InChI=1S/C27H27NO11S/c1-26(2)37-19-20(38-26)22-27(23(39-40(4,31)32)21(19)36-25(27)30)16-10-18-17(34-12-35-18)9-15(16)24(29)28(22)11-13-5-7-14(33-3)8-6-13/h5-10,19-23H,11-12H2,1-4H3/t19-,20+,21-,22-,23+,27-/m0/s1. The Balaban J connectivity index is 1.48. The monoisotopic (exact) mass is 573 g/mol. The van der Waals surface area contributed by atoms with Gasteiger partial charge in [0.1, 0.15) is 29.5 Å². The number of hydrogen-bond acceptors (Lipinski definition) is 11. The second-order valence-electron chi connectivity index (χ2n) is 11.0. The lowest BCUT2D eigenvalue weighted by molar-refractivity contribution is -0.170. The number of benzene rings is 2. The zero-order valence-electron chi connectivity index (χ0n) is 22.1. The minimum atomic E-state index is -4.10. The first kappa shape index (κ1) is 25.6. The first-order valence-corrected chi connectivity index (χ1v) is 14.6. The quantitative estimate of drug-likeness (QED) is 0.380. The van der Waals surface area contributed by atoms with E-state index in [1.807, 2.05) is 12.1 Å². The van der Waals surface area contributed by atoms with Crippen LogP contribution < -0.4 is 14.2 Å². The molecule has 6 atom stereocenters. The third kappa shape index (κ3) is 3.51. The second kappa shape index (κ2) is 8.32. The number of carbonyl (C=O) groups is 2.